The molecule has 0 saturated carbocycles. The summed E-state index contributed by atoms with van der Waals surface area (Å²) in [5.74, 6) is 0.330. The molecule has 0 heterocycles. The van der Waals surface area contributed by atoms with Gasteiger partial charge in [-0.05, 0) is 19.1 Å². The second-order valence-electron chi connectivity index (χ2n) is 3.56. The SMILES string of the molecule is C=CCN(CC)C(=O)c1cccc(N)c1OC. The number of nitrogens with two attached hydrogens (primary N) is 1. The maximum absolute atomic E-state index is 12.2. The number of nitrogen functional groups attached to an aromatic ring is 1. The van der Waals surface area contributed by atoms with Crippen molar-refractivity contribution in [2.45, 2.75) is 6.92 Å². The predicted octanol–water partition coefficient (Wildman–Crippen LogP) is 1.93. The summed E-state index contributed by atoms with van der Waals surface area (Å²) in [5, 5.41) is 0. The zero-order valence-corrected chi connectivity index (χ0v) is 10.3. The van der Waals surface area contributed by atoms with Crippen LogP contribution in [0.1, 0.15) is 17.3 Å². The zero-order chi connectivity index (χ0) is 12.8. The lowest BCUT2D eigenvalue weighted by Gasteiger charge is -2.20. The van der Waals surface area contributed by atoms with Crippen molar-refractivity contribution >= 4 is 11.6 Å². The molecule has 0 aromatic heterocycles. The van der Waals surface area contributed by atoms with Crippen molar-refractivity contribution in [2.24, 2.45) is 0 Å². The largest absolute Gasteiger partial charge is 0.494 e. The number of amides is 1. The number of ether oxygens (including phenoxy) is 1. The van der Waals surface area contributed by atoms with E-state index in [1.54, 1.807) is 29.2 Å². The first-order valence-corrected chi connectivity index (χ1v) is 5.48. The van der Waals surface area contributed by atoms with Crippen molar-refractivity contribution in [2.75, 3.05) is 25.9 Å². The van der Waals surface area contributed by atoms with Crippen molar-refractivity contribution in [1.82, 2.24) is 4.90 Å². The van der Waals surface area contributed by atoms with Gasteiger partial charge in [0.25, 0.3) is 5.91 Å². The molecule has 4 nitrogen and oxygen atoms in total. The van der Waals surface area contributed by atoms with Crippen LogP contribution in [0.3, 0.4) is 0 Å². The highest BCUT2D eigenvalue weighted by Crippen LogP contribution is 2.26. The quantitative estimate of drug-likeness (QED) is 0.625. The summed E-state index contributed by atoms with van der Waals surface area (Å²) in [4.78, 5) is 13.9. The van der Waals surface area contributed by atoms with Crippen molar-refractivity contribution in [1.29, 1.82) is 0 Å². The average Bonchev–Trinajstić information content (AvgIpc) is 2.34. The van der Waals surface area contributed by atoms with Gasteiger partial charge in [0.05, 0.1) is 18.4 Å². The predicted molar refractivity (Wildman–Crippen MR) is 69.2 cm³/mol. The van der Waals surface area contributed by atoms with Gasteiger partial charge in [0.15, 0.2) is 5.75 Å². The molecule has 17 heavy (non-hydrogen) atoms. The number of likely N-dealkylation sites (N-methyl/N-ethyl adjacent to an activating group) is 1. The number of benzene rings is 1. The monoisotopic (exact) mass is 234 g/mol. The van der Waals surface area contributed by atoms with Gasteiger partial charge in [0, 0.05) is 13.1 Å². The van der Waals surface area contributed by atoms with Gasteiger partial charge < -0.3 is 15.4 Å². The van der Waals surface area contributed by atoms with Crippen LogP contribution in [0.4, 0.5) is 5.69 Å². The molecular weight excluding hydrogens is 216 g/mol. The third-order valence-electron chi connectivity index (χ3n) is 2.50. The van der Waals surface area contributed by atoms with E-state index in [4.69, 9.17) is 10.5 Å². The van der Waals surface area contributed by atoms with Gasteiger partial charge in [-0.1, -0.05) is 12.1 Å². The Balaban J connectivity index is 3.10. The first kappa shape index (κ1) is 13.1. The van der Waals surface area contributed by atoms with Gasteiger partial charge in [-0.15, -0.1) is 6.58 Å². The van der Waals surface area contributed by atoms with Gasteiger partial charge in [0.2, 0.25) is 0 Å². The summed E-state index contributed by atoms with van der Waals surface area (Å²) in [6.45, 7) is 6.67. The van der Waals surface area contributed by atoms with Crippen LogP contribution in [0, 0.1) is 0 Å². The fourth-order valence-corrected chi connectivity index (χ4v) is 1.63. The molecule has 0 bridgehead atoms. The maximum atomic E-state index is 12.2. The van der Waals surface area contributed by atoms with Gasteiger partial charge >= 0.3 is 0 Å². The van der Waals surface area contributed by atoms with E-state index in [0.29, 0.717) is 30.1 Å². The Morgan fingerprint density at radius 2 is 2.29 bits per heavy atom. The summed E-state index contributed by atoms with van der Waals surface area (Å²) in [5.41, 5.74) is 6.72. The molecule has 0 spiro atoms. The Kier molecular flexibility index (Phi) is 4.57. The van der Waals surface area contributed by atoms with Gasteiger partial charge in [-0.25, -0.2) is 0 Å². The number of carbonyl (C=O) groups is 1. The molecule has 0 aliphatic rings. The van der Waals surface area contributed by atoms with Crippen LogP contribution in [-0.4, -0.2) is 31.0 Å². The minimum Gasteiger partial charge on any atom is -0.494 e. The summed E-state index contributed by atoms with van der Waals surface area (Å²) in [6.07, 6.45) is 1.69. The van der Waals surface area contributed by atoms with Crippen molar-refractivity contribution in [3.8, 4) is 5.75 Å². The van der Waals surface area contributed by atoms with Crippen LogP contribution in [-0.2, 0) is 0 Å². The number of hydrogen-bond donors (Lipinski definition) is 1. The second kappa shape index (κ2) is 5.94. The van der Waals surface area contributed by atoms with E-state index in [-0.39, 0.29) is 5.91 Å². The Bertz CT molecular complexity index is 416. The van der Waals surface area contributed by atoms with Gasteiger partial charge in [0.1, 0.15) is 0 Å². The smallest absolute Gasteiger partial charge is 0.257 e. The fourth-order valence-electron chi connectivity index (χ4n) is 1.63. The molecule has 2 N–H and O–H groups in total. The first-order valence-electron chi connectivity index (χ1n) is 5.48. The second-order valence-corrected chi connectivity index (χ2v) is 3.56. The number of anilines is 1. The molecule has 92 valence electrons. The first-order chi connectivity index (χ1) is 8.15. The normalized spacial score (nSPS) is 9.76. The summed E-state index contributed by atoms with van der Waals surface area (Å²) in [7, 11) is 1.51. The highest BCUT2D eigenvalue weighted by atomic mass is 16.5. The molecule has 0 saturated heterocycles. The van der Waals surface area contributed by atoms with Crippen molar-refractivity contribution in [3.05, 3.63) is 36.4 Å². The molecule has 0 atom stereocenters. The molecule has 1 amide bonds. The maximum Gasteiger partial charge on any atom is 0.257 e. The fraction of sp³-hybridized carbons (Fsp3) is 0.308. The molecule has 1 aromatic rings. The topological polar surface area (TPSA) is 55.6 Å². The molecular formula is C13H18N2O2. The summed E-state index contributed by atoms with van der Waals surface area (Å²) >= 11 is 0. The lowest BCUT2D eigenvalue weighted by molar-refractivity contribution is 0.0779. The van der Waals surface area contributed by atoms with Crippen LogP contribution >= 0.6 is 0 Å². The summed E-state index contributed by atoms with van der Waals surface area (Å²) in [6, 6.07) is 5.16. The Hall–Kier alpha value is -1.97. The molecule has 0 fully saturated rings. The Morgan fingerprint density at radius 3 is 2.82 bits per heavy atom. The number of para-hydroxylation sites is 1. The highest BCUT2D eigenvalue weighted by Gasteiger charge is 2.18. The van der Waals surface area contributed by atoms with E-state index in [2.05, 4.69) is 6.58 Å². The van der Waals surface area contributed by atoms with Gasteiger partial charge in [-0.3, -0.25) is 4.79 Å². The van der Waals surface area contributed by atoms with Crippen LogP contribution < -0.4 is 10.5 Å². The lowest BCUT2D eigenvalue weighted by Crippen LogP contribution is -2.31. The minimum atomic E-state index is -0.100. The minimum absolute atomic E-state index is 0.100. The van der Waals surface area contributed by atoms with Crippen LogP contribution in [0.15, 0.2) is 30.9 Å². The van der Waals surface area contributed by atoms with Crippen molar-refractivity contribution < 1.29 is 9.53 Å². The van der Waals surface area contributed by atoms with E-state index in [9.17, 15) is 4.79 Å². The third kappa shape index (κ3) is 2.78. The molecule has 4 heteroatoms. The van der Waals surface area contributed by atoms with Crippen LogP contribution in [0.2, 0.25) is 0 Å². The number of nitrogens with zero attached hydrogens (tertiary/aromatic N) is 1. The molecule has 0 aliphatic heterocycles. The van der Waals surface area contributed by atoms with Crippen molar-refractivity contribution in [3.63, 3.8) is 0 Å². The van der Waals surface area contributed by atoms with E-state index >= 15 is 0 Å². The van der Waals surface area contributed by atoms with E-state index < -0.39 is 0 Å². The Labute approximate surface area is 102 Å². The lowest BCUT2D eigenvalue weighted by atomic mass is 10.1. The standard InChI is InChI=1S/C13H18N2O2/c1-4-9-15(5-2)13(16)10-7-6-8-11(14)12(10)17-3/h4,6-8H,1,5,9,14H2,2-3H3. The van der Waals surface area contributed by atoms with E-state index in [1.807, 2.05) is 6.92 Å². The number of rotatable bonds is 5. The molecule has 0 radical (unpaired) electrons. The molecule has 1 rings (SSSR count). The van der Waals surface area contributed by atoms with E-state index in [0.717, 1.165) is 0 Å². The number of hydrogen-bond acceptors (Lipinski definition) is 3. The third-order valence-corrected chi connectivity index (χ3v) is 2.50. The number of carbonyl (C=O) groups excluding carboxylic acids is 1. The van der Waals surface area contributed by atoms with E-state index in [1.165, 1.54) is 7.11 Å². The molecule has 1 aromatic carbocycles. The number of methoxy groups -OCH3 is 1. The zero-order valence-electron chi connectivity index (χ0n) is 10.3. The van der Waals surface area contributed by atoms with Gasteiger partial charge in [-0.2, -0.15) is 0 Å². The van der Waals surface area contributed by atoms with Crippen LogP contribution in [0.25, 0.3) is 0 Å². The molecule has 0 aliphatic carbocycles. The van der Waals surface area contributed by atoms with Crippen LogP contribution in [0.5, 0.6) is 5.75 Å². The average molecular weight is 234 g/mol. The highest BCUT2D eigenvalue weighted by molar-refractivity contribution is 5.98. The molecule has 0 unspecified atom stereocenters. The summed E-state index contributed by atoms with van der Waals surface area (Å²) < 4.78 is 5.17. The Morgan fingerprint density at radius 1 is 1.59 bits per heavy atom.